The number of hydrogen-bond acceptors (Lipinski definition) is 4. The van der Waals surface area contributed by atoms with Crippen molar-refractivity contribution >= 4 is 17.7 Å². The fraction of sp³-hybridized carbons (Fsp3) is 0.467. The number of carbonyl (C=O) groups excluding carboxylic acids is 1. The SMILES string of the molecule is CN(C[C@H](NC(=O)OC(C)(C)C)C(=O)O)c1ccccc1. The molecule has 0 aromatic heterocycles. The van der Waals surface area contributed by atoms with Crippen molar-refractivity contribution in [2.24, 2.45) is 0 Å². The lowest BCUT2D eigenvalue weighted by atomic mass is 10.2. The highest BCUT2D eigenvalue weighted by Crippen LogP contribution is 2.12. The number of carboxylic acids is 1. The maximum Gasteiger partial charge on any atom is 0.408 e. The Morgan fingerprint density at radius 1 is 1.29 bits per heavy atom. The van der Waals surface area contributed by atoms with Gasteiger partial charge in [-0.15, -0.1) is 0 Å². The smallest absolute Gasteiger partial charge is 0.408 e. The van der Waals surface area contributed by atoms with Crippen LogP contribution in [0.3, 0.4) is 0 Å². The molecule has 0 bridgehead atoms. The van der Waals surface area contributed by atoms with E-state index in [1.165, 1.54) is 0 Å². The van der Waals surface area contributed by atoms with Crippen LogP contribution in [0.1, 0.15) is 20.8 Å². The number of nitrogens with one attached hydrogen (secondary N) is 1. The molecule has 0 fully saturated rings. The summed E-state index contributed by atoms with van der Waals surface area (Å²) in [5.41, 5.74) is 0.202. The number of anilines is 1. The largest absolute Gasteiger partial charge is 0.480 e. The van der Waals surface area contributed by atoms with Crippen molar-refractivity contribution in [1.29, 1.82) is 0 Å². The fourth-order valence-corrected chi connectivity index (χ4v) is 1.70. The fourth-order valence-electron chi connectivity index (χ4n) is 1.70. The molecule has 0 unspecified atom stereocenters. The number of carboxylic acid groups (broad SMARTS) is 1. The molecule has 6 nitrogen and oxygen atoms in total. The average molecular weight is 294 g/mol. The minimum Gasteiger partial charge on any atom is -0.480 e. The van der Waals surface area contributed by atoms with Crippen molar-refractivity contribution in [3.8, 4) is 0 Å². The van der Waals surface area contributed by atoms with Gasteiger partial charge in [0.25, 0.3) is 0 Å². The van der Waals surface area contributed by atoms with Crippen LogP contribution in [0.5, 0.6) is 0 Å². The van der Waals surface area contributed by atoms with Gasteiger partial charge in [0.05, 0.1) is 0 Å². The molecule has 0 radical (unpaired) electrons. The lowest BCUT2D eigenvalue weighted by Crippen LogP contribution is -2.49. The molecule has 1 rings (SSSR count). The Hall–Kier alpha value is -2.24. The second-order valence-corrected chi connectivity index (χ2v) is 5.75. The third-order valence-corrected chi connectivity index (χ3v) is 2.64. The molecule has 1 aromatic rings. The normalized spacial score (nSPS) is 12.4. The Bertz CT molecular complexity index is 482. The topological polar surface area (TPSA) is 78.9 Å². The first-order valence-corrected chi connectivity index (χ1v) is 6.67. The lowest BCUT2D eigenvalue weighted by molar-refractivity contribution is -0.139. The van der Waals surface area contributed by atoms with Crippen LogP contribution in [0.4, 0.5) is 10.5 Å². The van der Waals surface area contributed by atoms with Crippen LogP contribution in [0.15, 0.2) is 30.3 Å². The van der Waals surface area contributed by atoms with Gasteiger partial charge in [0, 0.05) is 19.3 Å². The highest BCUT2D eigenvalue weighted by Gasteiger charge is 2.25. The van der Waals surface area contributed by atoms with Crippen LogP contribution in [-0.2, 0) is 9.53 Å². The molecule has 0 spiro atoms. The van der Waals surface area contributed by atoms with Crippen molar-refractivity contribution in [2.75, 3.05) is 18.5 Å². The van der Waals surface area contributed by atoms with E-state index in [9.17, 15) is 14.7 Å². The third kappa shape index (κ3) is 6.16. The van der Waals surface area contributed by atoms with Gasteiger partial charge in [0.15, 0.2) is 0 Å². The summed E-state index contributed by atoms with van der Waals surface area (Å²) < 4.78 is 5.07. The number of nitrogens with zero attached hydrogens (tertiary/aromatic N) is 1. The molecule has 2 N–H and O–H groups in total. The van der Waals surface area contributed by atoms with Crippen LogP contribution in [0.25, 0.3) is 0 Å². The molecule has 1 atom stereocenters. The third-order valence-electron chi connectivity index (χ3n) is 2.64. The van der Waals surface area contributed by atoms with E-state index in [-0.39, 0.29) is 6.54 Å². The molecule has 1 aromatic carbocycles. The number of rotatable bonds is 5. The average Bonchev–Trinajstić information content (AvgIpc) is 2.36. The standard InChI is InChI=1S/C15H22N2O4/c1-15(2,3)21-14(20)16-12(13(18)19)10-17(4)11-8-6-5-7-9-11/h5-9,12H,10H2,1-4H3,(H,16,20)(H,18,19)/t12-/m0/s1. The Balaban J connectivity index is 2.66. The van der Waals surface area contributed by atoms with E-state index in [1.54, 1.807) is 32.7 Å². The maximum atomic E-state index is 11.7. The van der Waals surface area contributed by atoms with E-state index >= 15 is 0 Å². The van der Waals surface area contributed by atoms with Crippen molar-refractivity contribution < 1.29 is 19.4 Å². The lowest BCUT2D eigenvalue weighted by Gasteiger charge is -2.25. The number of amides is 1. The first-order valence-electron chi connectivity index (χ1n) is 6.67. The molecular formula is C15H22N2O4. The number of carbonyl (C=O) groups is 2. The number of likely N-dealkylation sites (N-methyl/N-ethyl adjacent to an activating group) is 1. The summed E-state index contributed by atoms with van der Waals surface area (Å²) in [7, 11) is 1.77. The second kappa shape index (κ2) is 6.97. The number of para-hydroxylation sites is 1. The highest BCUT2D eigenvalue weighted by molar-refractivity contribution is 5.80. The van der Waals surface area contributed by atoms with E-state index in [4.69, 9.17) is 4.74 Å². The van der Waals surface area contributed by atoms with Crippen LogP contribution >= 0.6 is 0 Å². The summed E-state index contributed by atoms with van der Waals surface area (Å²) in [6.45, 7) is 5.30. The van der Waals surface area contributed by atoms with Gasteiger partial charge in [0.1, 0.15) is 11.6 Å². The van der Waals surface area contributed by atoms with Crippen LogP contribution in [-0.4, -0.2) is 42.4 Å². The van der Waals surface area contributed by atoms with Crippen LogP contribution in [0.2, 0.25) is 0 Å². The van der Waals surface area contributed by atoms with E-state index in [1.807, 2.05) is 30.3 Å². The molecule has 0 heterocycles. The van der Waals surface area contributed by atoms with Gasteiger partial charge >= 0.3 is 12.1 Å². The molecular weight excluding hydrogens is 272 g/mol. The first-order chi connectivity index (χ1) is 9.69. The van der Waals surface area contributed by atoms with Crippen molar-refractivity contribution in [3.05, 3.63) is 30.3 Å². The van der Waals surface area contributed by atoms with Crippen LogP contribution < -0.4 is 10.2 Å². The van der Waals surface area contributed by atoms with Gasteiger partial charge in [-0.25, -0.2) is 9.59 Å². The van der Waals surface area contributed by atoms with E-state index in [0.29, 0.717) is 0 Å². The van der Waals surface area contributed by atoms with Gasteiger partial charge in [-0.2, -0.15) is 0 Å². The number of benzene rings is 1. The molecule has 116 valence electrons. The van der Waals surface area contributed by atoms with Gasteiger partial charge in [-0.05, 0) is 32.9 Å². The molecule has 6 heteroatoms. The Morgan fingerprint density at radius 2 is 1.86 bits per heavy atom. The summed E-state index contributed by atoms with van der Waals surface area (Å²) in [6.07, 6.45) is -0.739. The van der Waals surface area contributed by atoms with Crippen molar-refractivity contribution in [1.82, 2.24) is 5.32 Å². The molecule has 21 heavy (non-hydrogen) atoms. The first kappa shape index (κ1) is 16.8. The monoisotopic (exact) mass is 294 g/mol. The molecule has 1 amide bonds. The number of aliphatic carboxylic acids is 1. The zero-order valence-corrected chi connectivity index (χ0v) is 12.8. The molecule has 0 saturated carbocycles. The zero-order chi connectivity index (χ0) is 16.0. The van der Waals surface area contributed by atoms with Crippen LogP contribution in [0, 0.1) is 0 Å². The Kier molecular flexibility index (Phi) is 5.58. The number of hydrogen-bond donors (Lipinski definition) is 2. The van der Waals surface area contributed by atoms with Gasteiger partial charge < -0.3 is 20.1 Å². The van der Waals surface area contributed by atoms with Gasteiger partial charge in [-0.3, -0.25) is 0 Å². The summed E-state index contributed by atoms with van der Waals surface area (Å²) >= 11 is 0. The quantitative estimate of drug-likeness (QED) is 0.869. The maximum absolute atomic E-state index is 11.7. The number of alkyl carbamates (subject to hydrolysis) is 1. The zero-order valence-electron chi connectivity index (χ0n) is 12.8. The predicted molar refractivity (Wildman–Crippen MR) is 80.5 cm³/mol. The van der Waals surface area contributed by atoms with Gasteiger partial charge in [-0.1, -0.05) is 18.2 Å². The van der Waals surface area contributed by atoms with Crippen molar-refractivity contribution in [2.45, 2.75) is 32.4 Å². The van der Waals surface area contributed by atoms with Crippen molar-refractivity contribution in [3.63, 3.8) is 0 Å². The molecule has 0 aliphatic carbocycles. The van der Waals surface area contributed by atoms with E-state index < -0.39 is 23.7 Å². The second-order valence-electron chi connectivity index (χ2n) is 5.75. The van der Waals surface area contributed by atoms with E-state index in [2.05, 4.69) is 5.32 Å². The predicted octanol–water partition coefficient (Wildman–Crippen LogP) is 2.10. The Morgan fingerprint density at radius 3 is 2.33 bits per heavy atom. The summed E-state index contributed by atoms with van der Waals surface area (Å²) in [5, 5.41) is 11.6. The van der Waals surface area contributed by atoms with E-state index in [0.717, 1.165) is 5.69 Å². The molecule has 0 saturated heterocycles. The number of ether oxygens (including phenoxy) is 1. The van der Waals surface area contributed by atoms with Gasteiger partial charge in [0.2, 0.25) is 0 Å². The summed E-state index contributed by atoms with van der Waals surface area (Å²) in [6, 6.07) is 8.29. The summed E-state index contributed by atoms with van der Waals surface area (Å²) in [4.78, 5) is 24.7. The molecule has 0 aliphatic rings. The summed E-state index contributed by atoms with van der Waals surface area (Å²) in [5.74, 6) is -1.11. The molecule has 0 aliphatic heterocycles. The highest BCUT2D eigenvalue weighted by atomic mass is 16.6. The minimum atomic E-state index is -1.11. The Labute approximate surface area is 124 Å². The minimum absolute atomic E-state index is 0.137.